The first kappa shape index (κ1) is 13.1. The summed E-state index contributed by atoms with van der Waals surface area (Å²) in [4.78, 5) is 15.1. The molecule has 0 atom stereocenters. The number of aromatic nitrogens is 3. The summed E-state index contributed by atoms with van der Waals surface area (Å²) in [5.41, 5.74) is 1.60. The fourth-order valence-corrected chi connectivity index (χ4v) is 1.77. The number of nitrogens with one attached hydrogen (secondary N) is 1. The monoisotopic (exact) mass is 260 g/mol. The van der Waals surface area contributed by atoms with E-state index in [9.17, 15) is 4.79 Å². The standard InChI is InChI=1S/C13H16N4O2/c1-10-8-12(11(9-15-10)13(18)19)14-4-2-6-17-7-3-5-16-17/h3,5,7-9H,2,4,6H2,1H3,(H,14,15)(H,18,19). The lowest BCUT2D eigenvalue weighted by atomic mass is 10.2. The second kappa shape index (κ2) is 5.99. The van der Waals surface area contributed by atoms with Gasteiger partial charge in [-0.1, -0.05) is 0 Å². The van der Waals surface area contributed by atoms with Crippen molar-refractivity contribution < 1.29 is 9.90 Å². The Hall–Kier alpha value is -2.37. The number of hydrogen-bond donors (Lipinski definition) is 2. The first-order valence-corrected chi connectivity index (χ1v) is 6.08. The Morgan fingerprint density at radius 3 is 3.05 bits per heavy atom. The van der Waals surface area contributed by atoms with E-state index < -0.39 is 5.97 Å². The van der Waals surface area contributed by atoms with Gasteiger partial charge in [0.1, 0.15) is 5.56 Å². The van der Waals surface area contributed by atoms with Crippen LogP contribution in [0.2, 0.25) is 0 Å². The summed E-state index contributed by atoms with van der Waals surface area (Å²) in [5, 5.41) is 16.3. The molecule has 0 spiro atoms. The number of pyridine rings is 1. The number of rotatable bonds is 6. The fourth-order valence-electron chi connectivity index (χ4n) is 1.77. The van der Waals surface area contributed by atoms with Crippen LogP contribution in [-0.4, -0.2) is 32.4 Å². The zero-order valence-corrected chi connectivity index (χ0v) is 10.7. The summed E-state index contributed by atoms with van der Waals surface area (Å²) in [6.45, 7) is 3.32. The Balaban J connectivity index is 1.91. The first-order valence-electron chi connectivity index (χ1n) is 6.08. The van der Waals surface area contributed by atoms with E-state index in [1.807, 2.05) is 23.9 Å². The second-order valence-electron chi connectivity index (χ2n) is 4.23. The largest absolute Gasteiger partial charge is 0.478 e. The number of anilines is 1. The first-order chi connectivity index (χ1) is 9.16. The van der Waals surface area contributed by atoms with Crippen LogP contribution in [0, 0.1) is 6.92 Å². The molecule has 0 aliphatic heterocycles. The van der Waals surface area contributed by atoms with Gasteiger partial charge in [-0.05, 0) is 25.5 Å². The Kier molecular flexibility index (Phi) is 4.12. The average molecular weight is 260 g/mol. The van der Waals surface area contributed by atoms with Crippen molar-refractivity contribution in [3.05, 3.63) is 42.0 Å². The molecule has 0 aliphatic carbocycles. The van der Waals surface area contributed by atoms with Gasteiger partial charge in [0.2, 0.25) is 0 Å². The van der Waals surface area contributed by atoms with E-state index >= 15 is 0 Å². The van der Waals surface area contributed by atoms with Crippen LogP contribution in [0.1, 0.15) is 22.5 Å². The number of carboxylic acids is 1. The van der Waals surface area contributed by atoms with E-state index in [0.717, 1.165) is 18.7 Å². The van der Waals surface area contributed by atoms with Gasteiger partial charge in [0.05, 0.1) is 5.69 Å². The summed E-state index contributed by atoms with van der Waals surface area (Å²) >= 11 is 0. The van der Waals surface area contributed by atoms with Crippen molar-refractivity contribution in [2.45, 2.75) is 19.9 Å². The van der Waals surface area contributed by atoms with Crippen molar-refractivity contribution in [3.63, 3.8) is 0 Å². The highest BCUT2D eigenvalue weighted by atomic mass is 16.4. The van der Waals surface area contributed by atoms with Crippen molar-refractivity contribution in [2.24, 2.45) is 0 Å². The van der Waals surface area contributed by atoms with Crippen molar-refractivity contribution in [3.8, 4) is 0 Å². The predicted octanol–water partition coefficient (Wildman–Crippen LogP) is 1.79. The van der Waals surface area contributed by atoms with Gasteiger partial charge in [0.15, 0.2) is 0 Å². The third-order valence-electron chi connectivity index (χ3n) is 2.71. The molecule has 0 fully saturated rings. The number of nitrogens with zero attached hydrogens (tertiary/aromatic N) is 3. The van der Waals surface area contributed by atoms with Gasteiger partial charge in [-0.25, -0.2) is 4.79 Å². The lowest BCUT2D eigenvalue weighted by Gasteiger charge is -2.10. The molecule has 0 amide bonds. The molecule has 0 aliphatic rings. The Morgan fingerprint density at radius 1 is 1.53 bits per heavy atom. The maximum Gasteiger partial charge on any atom is 0.339 e. The quantitative estimate of drug-likeness (QED) is 0.774. The summed E-state index contributed by atoms with van der Waals surface area (Å²) in [6.07, 6.45) is 5.89. The topological polar surface area (TPSA) is 80.0 Å². The molecule has 0 unspecified atom stereocenters. The zero-order chi connectivity index (χ0) is 13.7. The lowest BCUT2D eigenvalue weighted by molar-refractivity contribution is 0.0697. The van der Waals surface area contributed by atoms with Crippen LogP contribution < -0.4 is 5.32 Å². The molecule has 0 aromatic carbocycles. The van der Waals surface area contributed by atoms with Gasteiger partial charge < -0.3 is 10.4 Å². The molecule has 6 heteroatoms. The van der Waals surface area contributed by atoms with Crippen LogP contribution in [0.25, 0.3) is 0 Å². The molecule has 2 heterocycles. The SMILES string of the molecule is Cc1cc(NCCCn2cccn2)c(C(=O)O)cn1. The van der Waals surface area contributed by atoms with Crippen LogP contribution in [0.3, 0.4) is 0 Å². The maximum absolute atomic E-state index is 11.1. The molecule has 0 saturated heterocycles. The minimum atomic E-state index is -0.970. The molecule has 2 N–H and O–H groups in total. The Morgan fingerprint density at radius 2 is 2.37 bits per heavy atom. The smallest absolute Gasteiger partial charge is 0.339 e. The highest BCUT2D eigenvalue weighted by molar-refractivity contribution is 5.93. The number of hydrogen-bond acceptors (Lipinski definition) is 4. The van der Waals surface area contributed by atoms with Crippen LogP contribution in [0.15, 0.2) is 30.7 Å². The minimum Gasteiger partial charge on any atom is -0.478 e. The minimum absolute atomic E-state index is 0.199. The molecular weight excluding hydrogens is 244 g/mol. The van der Waals surface area contributed by atoms with Crippen molar-refractivity contribution in [2.75, 3.05) is 11.9 Å². The fraction of sp³-hybridized carbons (Fsp3) is 0.308. The average Bonchev–Trinajstić information content (AvgIpc) is 2.87. The van der Waals surface area contributed by atoms with E-state index in [4.69, 9.17) is 5.11 Å². The normalized spacial score (nSPS) is 10.4. The third-order valence-corrected chi connectivity index (χ3v) is 2.71. The molecule has 2 rings (SSSR count). The maximum atomic E-state index is 11.1. The highest BCUT2D eigenvalue weighted by Gasteiger charge is 2.10. The molecule has 6 nitrogen and oxygen atoms in total. The number of carbonyl (C=O) groups is 1. The molecule has 0 bridgehead atoms. The van der Waals surface area contributed by atoms with Crippen molar-refractivity contribution in [1.82, 2.24) is 14.8 Å². The van der Waals surface area contributed by atoms with Crippen LogP contribution in [0.5, 0.6) is 0 Å². The zero-order valence-electron chi connectivity index (χ0n) is 10.7. The third kappa shape index (κ3) is 3.54. The molecule has 2 aromatic heterocycles. The molecule has 2 aromatic rings. The van der Waals surface area contributed by atoms with Gasteiger partial charge >= 0.3 is 5.97 Å². The lowest BCUT2D eigenvalue weighted by Crippen LogP contribution is -2.11. The summed E-state index contributed by atoms with van der Waals surface area (Å²) < 4.78 is 1.84. The van der Waals surface area contributed by atoms with E-state index in [1.54, 1.807) is 12.3 Å². The number of carboxylic acid groups (broad SMARTS) is 1. The highest BCUT2D eigenvalue weighted by Crippen LogP contribution is 2.15. The Labute approximate surface area is 111 Å². The molecule has 100 valence electrons. The summed E-state index contributed by atoms with van der Waals surface area (Å²) in [7, 11) is 0. The molecule has 0 radical (unpaired) electrons. The molecular formula is C13H16N4O2. The van der Waals surface area contributed by atoms with Crippen molar-refractivity contribution >= 4 is 11.7 Å². The van der Waals surface area contributed by atoms with Gasteiger partial charge in [-0.2, -0.15) is 5.10 Å². The molecule has 0 saturated carbocycles. The Bertz CT molecular complexity index is 552. The van der Waals surface area contributed by atoms with Crippen LogP contribution in [0.4, 0.5) is 5.69 Å². The van der Waals surface area contributed by atoms with Crippen molar-refractivity contribution in [1.29, 1.82) is 0 Å². The molecule has 19 heavy (non-hydrogen) atoms. The van der Waals surface area contributed by atoms with Crippen LogP contribution in [-0.2, 0) is 6.54 Å². The van der Waals surface area contributed by atoms with Gasteiger partial charge in [0.25, 0.3) is 0 Å². The van der Waals surface area contributed by atoms with Gasteiger partial charge in [0, 0.05) is 37.4 Å². The second-order valence-corrected chi connectivity index (χ2v) is 4.23. The number of aryl methyl sites for hydroxylation is 2. The summed E-state index contributed by atoms with van der Waals surface area (Å²) in [6, 6.07) is 3.62. The van der Waals surface area contributed by atoms with E-state index in [1.165, 1.54) is 6.20 Å². The number of aromatic carboxylic acids is 1. The van der Waals surface area contributed by atoms with E-state index in [0.29, 0.717) is 12.2 Å². The van der Waals surface area contributed by atoms with E-state index in [2.05, 4.69) is 15.4 Å². The van der Waals surface area contributed by atoms with Crippen LogP contribution >= 0.6 is 0 Å². The van der Waals surface area contributed by atoms with E-state index in [-0.39, 0.29) is 5.56 Å². The van der Waals surface area contributed by atoms with Gasteiger partial charge in [-0.3, -0.25) is 9.67 Å². The summed E-state index contributed by atoms with van der Waals surface area (Å²) in [5.74, 6) is -0.970. The predicted molar refractivity (Wildman–Crippen MR) is 71.3 cm³/mol. The van der Waals surface area contributed by atoms with Gasteiger partial charge in [-0.15, -0.1) is 0 Å².